The molecule has 1 unspecified atom stereocenters. The predicted molar refractivity (Wildman–Crippen MR) is 126 cm³/mol. The van der Waals surface area contributed by atoms with Crippen LogP contribution < -0.4 is 10.1 Å². The Balaban J connectivity index is 1.21. The second-order valence-electron chi connectivity index (χ2n) is 9.01. The molecule has 5 nitrogen and oxygen atoms in total. The first kappa shape index (κ1) is 20.7. The summed E-state index contributed by atoms with van der Waals surface area (Å²) in [5, 5.41) is 8.48. The van der Waals surface area contributed by atoms with Crippen molar-refractivity contribution < 1.29 is 13.7 Å². The molecule has 0 spiro atoms. The Morgan fingerprint density at radius 1 is 1.03 bits per heavy atom. The molecule has 0 saturated heterocycles. The SMILES string of the molecule is Cc1noc(NC(C)c2cc3ccc(CCc4ccc(OCC5CC5)cc4)cc3o2)c1C. The highest BCUT2D eigenvalue weighted by Gasteiger charge is 2.21. The fourth-order valence-corrected chi connectivity index (χ4v) is 3.82. The molecule has 4 aromatic rings. The third-order valence-corrected chi connectivity index (χ3v) is 6.34. The van der Waals surface area contributed by atoms with Gasteiger partial charge >= 0.3 is 0 Å². The van der Waals surface area contributed by atoms with Crippen LogP contribution in [0.5, 0.6) is 5.75 Å². The fourth-order valence-electron chi connectivity index (χ4n) is 3.82. The van der Waals surface area contributed by atoms with Gasteiger partial charge in [0.25, 0.3) is 0 Å². The molecule has 1 aliphatic rings. The molecule has 0 radical (unpaired) electrons. The van der Waals surface area contributed by atoms with Gasteiger partial charge in [-0.2, -0.15) is 0 Å². The summed E-state index contributed by atoms with van der Waals surface area (Å²) >= 11 is 0. The summed E-state index contributed by atoms with van der Waals surface area (Å²) in [6.45, 7) is 6.86. The van der Waals surface area contributed by atoms with Crippen molar-refractivity contribution in [3.05, 3.63) is 76.7 Å². The summed E-state index contributed by atoms with van der Waals surface area (Å²) in [6.07, 6.45) is 4.59. The van der Waals surface area contributed by atoms with Crippen molar-refractivity contribution in [3.63, 3.8) is 0 Å². The van der Waals surface area contributed by atoms with Crippen molar-refractivity contribution in [3.8, 4) is 5.75 Å². The van der Waals surface area contributed by atoms with Gasteiger partial charge in [-0.1, -0.05) is 29.4 Å². The maximum Gasteiger partial charge on any atom is 0.228 e. The van der Waals surface area contributed by atoms with Crippen molar-refractivity contribution in [2.45, 2.75) is 52.5 Å². The molecule has 5 heteroatoms. The maximum atomic E-state index is 6.17. The third-order valence-electron chi connectivity index (χ3n) is 6.34. The first-order chi connectivity index (χ1) is 15.5. The Hall–Kier alpha value is -3.21. The number of rotatable bonds is 9. The van der Waals surface area contributed by atoms with Crippen LogP contribution in [-0.4, -0.2) is 11.8 Å². The Bertz CT molecular complexity index is 1200. The second kappa shape index (κ2) is 8.73. The summed E-state index contributed by atoms with van der Waals surface area (Å²) in [5.74, 6) is 3.33. The Labute approximate surface area is 188 Å². The molecule has 32 heavy (non-hydrogen) atoms. The van der Waals surface area contributed by atoms with Gasteiger partial charge in [-0.05, 0) is 87.8 Å². The van der Waals surface area contributed by atoms with Gasteiger partial charge in [-0.15, -0.1) is 0 Å². The van der Waals surface area contributed by atoms with E-state index in [1.165, 1.54) is 24.0 Å². The number of aromatic nitrogens is 1. The van der Waals surface area contributed by atoms with Gasteiger partial charge in [0, 0.05) is 10.9 Å². The van der Waals surface area contributed by atoms with E-state index in [0.29, 0.717) is 5.88 Å². The molecule has 0 aliphatic heterocycles. The van der Waals surface area contributed by atoms with Crippen LogP contribution >= 0.6 is 0 Å². The molecule has 1 saturated carbocycles. The van der Waals surface area contributed by atoms with Crippen LogP contribution in [0.25, 0.3) is 11.0 Å². The highest BCUT2D eigenvalue weighted by Crippen LogP contribution is 2.30. The zero-order chi connectivity index (χ0) is 22.1. The number of aryl methyl sites for hydroxylation is 3. The average molecular weight is 431 g/mol. The van der Waals surface area contributed by atoms with Crippen LogP contribution in [0.4, 0.5) is 5.88 Å². The summed E-state index contributed by atoms with van der Waals surface area (Å²) < 4.78 is 17.4. The lowest BCUT2D eigenvalue weighted by Crippen LogP contribution is -2.05. The van der Waals surface area contributed by atoms with Crippen LogP contribution in [0.1, 0.15) is 54.0 Å². The zero-order valence-electron chi connectivity index (χ0n) is 19.0. The third kappa shape index (κ3) is 4.67. The zero-order valence-corrected chi connectivity index (χ0v) is 19.0. The van der Waals surface area contributed by atoms with Gasteiger partial charge in [-0.25, -0.2) is 0 Å². The number of nitrogens with zero attached hydrogens (tertiary/aromatic N) is 1. The molecule has 2 heterocycles. The number of furan rings is 1. The lowest BCUT2D eigenvalue weighted by molar-refractivity contribution is 0.299. The van der Waals surface area contributed by atoms with E-state index in [1.807, 2.05) is 13.8 Å². The number of hydrogen-bond donors (Lipinski definition) is 1. The Kier molecular flexibility index (Phi) is 5.64. The highest BCUT2D eigenvalue weighted by molar-refractivity contribution is 5.79. The molecule has 5 rings (SSSR count). The maximum absolute atomic E-state index is 6.17. The molecule has 1 aliphatic carbocycles. The fraction of sp³-hybridized carbons (Fsp3) is 0.370. The van der Waals surface area contributed by atoms with Crippen LogP contribution in [0.15, 0.2) is 57.5 Å². The summed E-state index contributed by atoms with van der Waals surface area (Å²) in [7, 11) is 0. The monoisotopic (exact) mass is 430 g/mol. The van der Waals surface area contributed by atoms with Crippen molar-refractivity contribution in [2.24, 2.45) is 5.92 Å². The average Bonchev–Trinajstić information content (AvgIpc) is 3.46. The number of ether oxygens (including phenoxy) is 1. The highest BCUT2D eigenvalue weighted by atomic mass is 16.5. The lowest BCUT2D eigenvalue weighted by Gasteiger charge is -2.10. The lowest BCUT2D eigenvalue weighted by atomic mass is 10.0. The van der Waals surface area contributed by atoms with E-state index >= 15 is 0 Å². The molecule has 1 atom stereocenters. The molecule has 0 bridgehead atoms. The van der Waals surface area contributed by atoms with E-state index in [1.54, 1.807) is 0 Å². The van der Waals surface area contributed by atoms with Gasteiger partial charge in [0.1, 0.15) is 17.1 Å². The van der Waals surface area contributed by atoms with Crippen molar-refractivity contribution >= 4 is 16.9 Å². The smallest absolute Gasteiger partial charge is 0.228 e. The number of nitrogens with one attached hydrogen (secondary N) is 1. The number of anilines is 1. The van der Waals surface area contributed by atoms with Gasteiger partial charge < -0.3 is 19.0 Å². The summed E-state index contributed by atoms with van der Waals surface area (Å²) in [6, 6.07) is 17.1. The molecular weight excluding hydrogens is 400 g/mol. The Morgan fingerprint density at radius 2 is 1.78 bits per heavy atom. The van der Waals surface area contributed by atoms with Crippen molar-refractivity contribution in [1.29, 1.82) is 0 Å². The van der Waals surface area contributed by atoms with E-state index in [0.717, 1.165) is 59.1 Å². The largest absolute Gasteiger partial charge is 0.493 e. The molecule has 0 amide bonds. The van der Waals surface area contributed by atoms with Crippen LogP contribution in [-0.2, 0) is 12.8 Å². The normalized spacial score (nSPS) is 14.6. The topological polar surface area (TPSA) is 60.4 Å². The standard InChI is InChI=1S/C27H30N2O3/c1-17-18(2)29-32-27(17)28-19(3)25-15-23-11-8-21(14-26(23)31-25)5-4-20-9-12-24(13-10-20)30-16-22-6-7-22/h8-15,19,22,28H,4-7,16H2,1-3H3. The van der Waals surface area contributed by atoms with Crippen LogP contribution in [0, 0.1) is 19.8 Å². The molecular formula is C27H30N2O3. The van der Waals surface area contributed by atoms with Crippen LogP contribution in [0.2, 0.25) is 0 Å². The van der Waals surface area contributed by atoms with E-state index < -0.39 is 0 Å². The number of hydrogen-bond acceptors (Lipinski definition) is 5. The van der Waals surface area contributed by atoms with E-state index in [2.05, 4.69) is 65.9 Å². The first-order valence-corrected chi connectivity index (χ1v) is 11.5. The number of fused-ring (bicyclic) bond motifs is 1. The van der Waals surface area contributed by atoms with Gasteiger partial charge in [0.05, 0.1) is 18.3 Å². The summed E-state index contributed by atoms with van der Waals surface area (Å²) in [5.41, 5.74) is 5.43. The molecule has 2 aromatic heterocycles. The predicted octanol–water partition coefficient (Wildman–Crippen LogP) is 6.78. The first-order valence-electron chi connectivity index (χ1n) is 11.5. The number of benzene rings is 2. The van der Waals surface area contributed by atoms with Crippen molar-refractivity contribution in [1.82, 2.24) is 5.16 Å². The minimum absolute atomic E-state index is 0.0162. The Morgan fingerprint density at radius 3 is 2.50 bits per heavy atom. The van der Waals surface area contributed by atoms with E-state index in [9.17, 15) is 0 Å². The molecule has 1 N–H and O–H groups in total. The van der Waals surface area contributed by atoms with Gasteiger partial charge in [-0.3, -0.25) is 0 Å². The minimum Gasteiger partial charge on any atom is -0.493 e. The second-order valence-corrected chi connectivity index (χ2v) is 9.01. The molecule has 166 valence electrons. The van der Waals surface area contributed by atoms with Crippen LogP contribution in [0.3, 0.4) is 0 Å². The molecule has 1 fully saturated rings. The van der Waals surface area contributed by atoms with E-state index in [4.69, 9.17) is 13.7 Å². The van der Waals surface area contributed by atoms with Crippen molar-refractivity contribution in [2.75, 3.05) is 11.9 Å². The quantitative estimate of drug-likeness (QED) is 0.317. The van der Waals surface area contributed by atoms with Gasteiger partial charge in [0.15, 0.2) is 0 Å². The van der Waals surface area contributed by atoms with E-state index in [-0.39, 0.29) is 6.04 Å². The minimum atomic E-state index is -0.0162. The molecule has 2 aromatic carbocycles. The van der Waals surface area contributed by atoms with Gasteiger partial charge in [0.2, 0.25) is 5.88 Å². The summed E-state index contributed by atoms with van der Waals surface area (Å²) in [4.78, 5) is 0.